The van der Waals surface area contributed by atoms with Crippen LogP contribution in [0.2, 0.25) is 0 Å². The molecule has 100 valence electrons. The van der Waals surface area contributed by atoms with Crippen molar-refractivity contribution in [2.24, 2.45) is 0 Å². The quantitative estimate of drug-likeness (QED) is 0.813. The van der Waals surface area contributed by atoms with Gasteiger partial charge in [-0.2, -0.15) is 0 Å². The van der Waals surface area contributed by atoms with Crippen molar-refractivity contribution in [2.45, 2.75) is 23.8 Å². The maximum Gasteiger partial charge on any atom is 0.242 e. The maximum atomic E-state index is 12.1. The Morgan fingerprint density at radius 3 is 2.89 bits per heavy atom. The highest BCUT2D eigenvalue weighted by Crippen LogP contribution is 2.13. The second-order valence-electron chi connectivity index (χ2n) is 4.20. The highest BCUT2D eigenvalue weighted by Gasteiger charge is 2.21. The van der Waals surface area contributed by atoms with Crippen molar-refractivity contribution in [3.8, 4) is 5.88 Å². The summed E-state index contributed by atoms with van der Waals surface area (Å²) in [6.07, 6.45) is 3.14. The van der Waals surface area contributed by atoms with Gasteiger partial charge in [0.25, 0.3) is 0 Å². The first-order chi connectivity index (χ1) is 8.62. The lowest BCUT2D eigenvalue weighted by molar-refractivity contribution is 0.397. The topological polar surface area (TPSA) is 80.3 Å². The Kier molecular flexibility index (Phi) is 4.15. The van der Waals surface area contributed by atoms with E-state index < -0.39 is 10.0 Å². The smallest absolute Gasteiger partial charge is 0.242 e. The van der Waals surface area contributed by atoms with Crippen LogP contribution < -0.4 is 14.8 Å². The largest absolute Gasteiger partial charge is 0.481 e. The van der Waals surface area contributed by atoms with Crippen molar-refractivity contribution in [2.75, 3.05) is 20.2 Å². The maximum absolute atomic E-state index is 12.1. The molecule has 1 aliphatic heterocycles. The van der Waals surface area contributed by atoms with E-state index in [2.05, 4.69) is 15.0 Å². The monoisotopic (exact) mass is 271 g/mol. The van der Waals surface area contributed by atoms with Crippen molar-refractivity contribution >= 4 is 10.0 Å². The lowest BCUT2D eigenvalue weighted by Gasteiger charge is -2.23. The summed E-state index contributed by atoms with van der Waals surface area (Å²) < 4.78 is 31.7. The molecular formula is C11H17N3O3S. The van der Waals surface area contributed by atoms with Gasteiger partial charge in [-0.1, -0.05) is 0 Å². The molecule has 1 atom stereocenters. The van der Waals surface area contributed by atoms with E-state index >= 15 is 0 Å². The first kappa shape index (κ1) is 13.3. The molecule has 2 N–H and O–H groups in total. The molecule has 6 nitrogen and oxygen atoms in total. The van der Waals surface area contributed by atoms with Gasteiger partial charge in [0, 0.05) is 18.7 Å². The molecule has 0 radical (unpaired) electrons. The van der Waals surface area contributed by atoms with Gasteiger partial charge in [0.05, 0.1) is 13.3 Å². The lowest BCUT2D eigenvalue weighted by atomic mass is 10.1. The SMILES string of the molecule is COc1ccc(S(=O)(=O)NC2CCCNC2)cn1. The summed E-state index contributed by atoms with van der Waals surface area (Å²) in [4.78, 5) is 4.06. The summed E-state index contributed by atoms with van der Waals surface area (Å²) in [5.41, 5.74) is 0. The van der Waals surface area contributed by atoms with Crippen molar-refractivity contribution in [3.63, 3.8) is 0 Å². The molecule has 0 bridgehead atoms. The van der Waals surface area contributed by atoms with Crippen molar-refractivity contribution < 1.29 is 13.2 Å². The van der Waals surface area contributed by atoms with Gasteiger partial charge >= 0.3 is 0 Å². The summed E-state index contributed by atoms with van der Waals surface area (Å²) >= 11 is 0. The zero-order valence-corrected chi connectivity index (χ0v) is 11.0. The van der Waals surface area contributed by atoms with E-state index in [1.807, 2.05) is 0 Å². The molecule has 1 saturated heterocycles. The molecule has 0 amide bonds. The molecule has 1 aliphatic rings. The molecule has 2 rings (SSSR count). The first-order valence-electron chi connectivity index (χ1n) is 5.85. The highest BCUT2D eigenvalue weighted by molar-refractivity contribution is 7.89. The molecule has 1 aromatic heterocycles. The fourth-order valence-electron chi connectivity index (χ4n) is 1.89. The number of nitrogens with zero attached hydrogens (tertiary/aromatic N) is 1. The molecule has 0 saturated carbocycles. The average molecular weight is 271 g/mol. The van der Waals surface area contributed by atoms with Gasteiger partial charge in [-0.3, -0.25) is 0 Å². The minimum atomic E-state index is -3.49. The Hall–Kier alpha value is -1.18. The van der Waals surface area contributed by atoms with Crippen molar-refractivity contribution in [1.82, 2.24) is 15.0 Å². The predicted molar refractivity (Wildman–Crippen MR) is 67.0 cm³/mol. The van der Waals surface area contributed by atoms with Crippen LogP contribution in [0.3, 0.4) is 0 Å². The standard InChI is InChI=1S/C11H17N3O3S/c1-17-11-5-4-10(8-13-11)18(15,16)14-9-3-2-6-12-7-9/h4-5,8-9,12,14H,2-3,6-7H2,1H3. The Balaban J connectivity index is 2.08. The van der Waals surface area contributed by atoms with Crippen molar-refractivity contribution in [1.29, 1.82) is 0 Å². The fraction of sp³-hybridized carbons (Fsp3) is 0.545. The van der Waals surface area contributed by atoms with Crippen molar-refractivity contribution in [3.05, 3.63) is 18.3 Å². The zero-order chi connectivity index (χ0) is 13.0. The Morgan fingerprint density at radius 1 is 1.50 bits per heavy atom. The third-order valence-electron chi connectivity index (χ3n) is 2.85. The third-order valence-corrected chi connectivity index (χ3v) is 4.35. The predicted octanol–water partition coefficient (Wildman–Crippen LogP) is 0.120. The summed E-state index contributed by atoms with van der Waals surface area (Å²) in [5, 5.41) is 3.16. The number of rotatable bonds is 4. The number of hydrogen-bond acceptors (Lipinski definition) is 5. The summed E-state index contributed by atoms with van der Waals surface area (Å²) in [5.74, 6) is 0.397. The number of aromatic nitrogens is 1. The molecule has 0 spiro atoms. The molecule has 18 heavy (non-hydrogen) atoms. The Bertz CT molecular complexity index is 481. The number of ether oxygens (including phenoxy) is 1. The molecule has 1 fully saturated rings. The minimum Gasteiger partial charge on any atom is -0.481 e. The molecule has 7 heteroatoms. The van der Waals surface area contributed by atoms with Gasteiger partial charge in [0.2, 0.25) is 15.9 Å². The molecule has 2 heterocycles. The summed E-state index contributed by atoms with van der Waals surface area (Å²) in [6, 6.07) is 2.98. The second kappa shape index (κ2) is 5.64. The van der Waals surface area contributed by atoms with Gasteiger partial charge in [-0.25, -0.2) is 18.1 Å². The number of pyridine rings is 1. The van der Waals surface area contributed by atoms with Crippen LogP contribution in [0.25, 0.3) is 0 Å². The van der Waals surface area contributed by atoms with E-state index in [0.717, 1.165) is 19.4 Å². The number of nitrogens with one attached hydrogen (secondary N) is 2. The van der Waals surface area contributed by atoms with Crippen LogP contribution in [0.15, 0.2) is 23.2 Å². The lowest BCUT2D eigenvalue weighted by Crippen LogP contribution is -2.45. The van der Waals surface area contributed by atoms with E-state index in [1.165, 1.54) is 25.4 Å². The number of methoxy groups -OCH3 is 1. The molecular weight excluding hydrogens is 254 g/mol. The highest BCUT2D eigenvalue weighted by atomic mass is 32.2. The van der Waals surface area contributed by atoms with Crippen LogP contribution in [0.5, 0.6) is 5.88 Å². The number of hydrogen-bond donors (Lipinski definition) is 2. The molecule has 1 unspecified atom stereocenters. The van der Waals surface area contributed by atoms with E-state index in [0.29, 0.717) is 12.4 Å². The van der Waals surface area contributed by atoms with Crippen LogP contribution in [-0.2, 0) is 10.0 Å². The van der Waals surface area contributed by atoms with Gasteiger partial charge in [0.1, 0.15) is 4.90 Å². The van der Waals surface area contributed by atoms with Crippen LogP contribution >= 0.6 is 0 Å². The van der Waals surface area contributed by atoms with Crippen LogP contribution in [0.1, 0.15) is 12.8 Å². The van der Waals surface area contributed by atoms with E-state index in [4.69, 9.17) is 4.74 Å². The number of piperidine rings is 1. The molecule has 0 aliphatic carbocycles. The van der Waals surface area contributed by atoms with E-state index in [9.17, 15) is 8.42 Å². The van der Waals surface area contributed by atoms with E-state index in [1.54, 1.807) is 0 Å². The minimum absolute atomic E-state index is 0.0501. The normalized spacial score (nSPS) is 20.6. The molecule has 0 aromatic carbocycles. The van der Waals surface area contributed by atoms with Gasteiger partial charge in [-0.05, 0) is 25.5 Å². The van der Waals surface area contributed by atoms with Gasteiger partial charge in [0.15, 0.2) is 0 Å². The zero-order valence-electron chi connectivity index (χ0n) is 10.2. The first-order valence-corrected chi connectivity index (χ1v) is 7.33. The van der Waals surface area contributed by atoms with Gasteiger partial charge < -0.3 is 10.1 Å². The van der Waals surface area contributed by atoms with Crippen LogP contribution in [0.4, 0.5) is 0 Å². The Labute approximate surface area is 107 Å². The summed E-state index contributed by atoms with van der Waals surface area (Å²) in [6.45, 7) is 1.62. The van der Waals surface area contributed by atoms with Gasteiger partial charge in [-0.15, -0.1) is 0 Å². The Morgan fingerprint density at radius 2 is 2.33 bits per heavy atom. The second-order valence-corrected chi connectivity index (χ2v) is 5.91. The summed E-state index contributed by atoms with van der Waals surface area (Å²) in [7, 11) is -2.00. The number of sulfonamides is 1. The average Bonchev–Trinajstić information content (AvgIpc) is 2.39. The fourth-order valence-corrected chi connectivity index (χ4v) is 3.10. The third kappa shape index (κ3) is 3.18. The van der Waals surface area contributed by atoms with Crippen LogP contribution in [0, 0.1) is 0 Å². The van der Waals surface area contributed by atoms with Crippen LogP contribution in [-0.4, -0.2) is 39.6 Å². The molecule has 1 aromatic rings. The van der Waals surface area contributed by atoms with E-state index in [-0.39, 0.29) is 10.9 Å².